The van der Waals surface area contributed by atoms with Gasteiger partial charge in [-0.3, -0.25) is 10.1 Å². The van der Waals surface area contributed by atoms with Gasteiger partial charge in [-0.15, -0.1) is 0 Å². The Bertz CT molecular complexity index is 1240. The highest BCUT2D eigenvalue weighted by Crippen LogP contribution is 2.38. The molecule has 0 saturated heterocycles. The topological polar surface area (TPSA) is 95.2 Å². The molecular weight excluding hydrogens is 418 g/mol. The summed E-state index contributed by atoms with van der Waals surface area (Å²) in [6, 6.07) is 19.2. The molecule has 3 aromatic rings. The highest BCUT2D eigenvalue weighted by molar-refractivity contribution is 6.06. The van der Waals surface area contributed by atoms with E-state index in [0.29, 0.717) is 28.5 Å². The number of nitrogens with two attached hydrogens (primary N) is 1. The van der Waals surface area contributed by atoms with Gasteiger partial charge in [0.05, 0.1) is 27.0 Å². The first-order chi connectivity index (χ1) is 16.0. The van der Waals surface area contributed by atoms with Crippen molar-refractivity contribution in [2.45, 2.75) is 6.42 Å². The van der Waals surface area contributed by atoms with Crippen molar-refractivity contribution in [1.82, 2.24) is 5.32 Å². The zero-order chi connectivity index (χ0) is 23.4. The Morgan fingerprint density at radius 2 is 1.67 bits per heavy atom. The van der Waals surface area contributed by atoms with Crippen molar-refractivity contribution in [3.05, 3.63) is 82.9 Å². The number of nitrogens with one attached hydrogen (secondary N) is 1. The molecule has 7 heteroatoms. The molecule has 1 amide bonds. The molecule has 168 valence electrons. The average Bonchev–Trinajstić information content (AvgIpc) is 3.27. The molecule has 3 aromatic carbocycles. The smallest absolute Gasteiger partial charge is 0.258 e. The van der Waals surface area contributed by atoms with Crippen molar-refractivity contribution >= 4 is 29.2 Å². The number of nitrogens with zero attached hydrogens (tertiary/aromatic N) is 1. The van der Waals surface area contributed by atoms with Crippen LogP contribution in [0.3, 0.4) is 0 Å². The Morgan fingerprint density at radius 3 is 2.33 bits per heavy atom. The fraction of sp³-hybridized carbons (Fsp3) is 0.154. The summed E-state index contributed by atoms with van der Waals surface area (Å²) < 4.78 is 15.9. The van der Waals surface area contributed by atoms with Crippen LogP contribution < -0.4 is 25.3 Å². The first-order valence-corrected chi connectivity index (χ1v) is 10.4. The van der Waals surface area contributed by atoms with Crippen LogP contribution in [0.5, 0.6) is 17.2 Å². The molecule has 0 saturated carbocycles. The van der Waals surface area contributed by atoms with Gasteiger partial charge >= 0.3 is 0 Å². The lowest BCUT2D eigenvalue weighted by atomic mass is 10.0. The van der Waals surface area contributed by atoms with E-state index >= 15 is 0 Å². The van der Waals surface area contributed by atoms with Crippen molar-refractivity contribution in [3.63, 3.8) is 0 Å². The van der Waals surface area contributed by atoms with Crippen LogP contribution in [-0.4, -0.2) is 33.2 Å². The van der Waals surface area contributed by atoms with Crippen LogP contribution in [0.15, 0.2) is 65.7 Å². The number of carbonyl (C=O) groups is 1. The molecule has 0 fully saturated rings. The molecule has 0 heterocycles. The quantitative estimate of drug-likeness (QED) is 0.440. The van der Waals surface area contributed by atoms with Crippen LogP contribution in [0.1, 0.15) is 27.0 Å². The van der Waals surface area contributed by atoms with E-state index in [1.807, 2.05) is 36.4 Å². The maximum Gasteiger partial charge on any atom is 0.258 e. The molecule has 4 rings (SSSR count). The molecule has 33 heavy (non-hydrogen) atoms. The van der Waals surface area contributed by atoms with Crippen LogP contribution in [0.2, 0.25) is 0 Å². The number of rotatable bonds is 6. The Hall–Kier alpha value is -4.26. The molecule has 7 nitrogen and oxygen atoms in total. The van der Waals surface area contributed by atoms with Gasteiger partial charge in [-0.1, -0.05) is 42.5 Å². The number of carbonyl (C=O) groups excluding carboxylic acids is 1. The zero-order valence-corrected chi connectivity index (χ0v) is 18.7. The molecule has 0 atom stereocenters. The number of hydrogen-bond acceptors (Lipinski definition) is 5. The van der Waals surface area contributed by atoms with Crippen molar-refractivity contribution in [2.75, 3.05) is 21.3 Å². The molecule has 1 aliphatic rings. The second-order valence-corrected chi connectivity index (χ2v) is 7.46. The summed E-state index contributed by atoms with van der Waals surface area (Å²) in [7, 11) is 4.47. The van der Waals surface area contributed by atoms with Gasteiger partial charge in [0.2, 0.25) is 11.7 Å². The summed E-state index contributed by atoms with van der Waals surface area (Å²) in [6.45, 7) is 0. The minimum absolute atomic E-state index is 0.0189. The molecule has 0 aromatic heterocycles. The van der Waals surface area contributed by atoms with Crippen LogP contribution in [0, 0.1) is 0 Å². The predicted molar refractivity (Wildman–Crippen MR) is 129 cm³/mol. The zero-order valence-electron chi connectivity index (χ0n) is 18.7. The number of benzene rings is 3. The van der Waals surface area contributed by atoms with E-state index in [0.717, 1.165) is 12.0 Å². The minimum Gasteiger partial charge on any atom is -0.493 e. The van der Waals surface area contributed by atoms with Gasteiger partial charge in [0.25, 0.3) is 5.91 Å². The maximum absolute atomic E-state index is 12.8. The highest BCUT2D eigenvalue weighted by atomic mass is 16.5. The van der Waals surface area contributed by atoms with Crippen molar-refractivity contribution in [3.8, 4) is 17.2 Å². The van der Waals surface area contributed by atoms with Gasteiger partial charge in [-0.25, -0.2) is 4.99 Å². The summed E-state index contributed by atoms with van der Waals surface area (Å²) in [6.07, 6.45) is 3.06. The maximum atomic E-state index is 12.8. The van der Waals surface area contributed by atoms with E-state index in [2.05, 4.69) is 28.5 Å². The molecule has 0 bridgehead atoms. The van der Waals surface area contributed by atoms with E-state index in [9.17, 15) is 4.79 Å². The van der Waals surface area contributed by atoms with Crippen LogP contribution >= 0.6 is 0 Å². The van der Waals surface area contributed by atoms with E-state index < -0.39 is 5.91 Å². The Kier molecular flexibility index (Phi) is 6.31. The van der Waals surface area contributed by atoms with Gasteiger partial charge in [0.15, 0.2) is 11.5 Å². The third-order valence-electron chi connectivity index (χ3n) is 5.40. The number of hydrogen-bond donors (Lipinski definition) is 2. The van der Waals surface area contributed by atoms with Crippen molar-refractivity contribution in [1.29, 1.82) is 0 Å². The summed E-state index contributed by atoms with van der Waals surface area (Å²) in [4.78, 5) is 17.1. The van der Waals surface area contributed by atoms with E-state index in [-0.39, 0.29) is 5.96 Å². The monoisotopic (exact) mass is 443 g/mol. The summed E-state index contributed by atoms with van der Waals surface area (Å²) in [5.41, 5.74) is 11.8. The molecule has 0 radical (unpaired) electrons. The minimum atomic E-state index is -0.444. The second-order valence-electron chi connectivity index (χ2n) is 7.46. The van der Waals surface area contributed by atoms with Gasteiger partial charge in [0.1, 0.15) is 0 Å². The lowest BCUT2D eigenvalue weighted by molar-refractivity contribution is 0.0976. The van der Waals surface area contributed by atoms with Gasteiger partial charge < -0.3 is 19.9 Å². The van der Waals surface area contributed by atoms with Gasteiger partial charge in [-0.05, 0) is 52.9 Å². The van der Waals surface area contributed by atoms with Crippen LogP contribution in [0.25, 0.3) is 11.6 Å². The summed E-state index contributed by atoms with van der Waals surface area (Å²) >= 11 is 0. The first-order valence-electron chi connectivity index (χ1n) is 10.4. The molecular formula is C26H25N3O4. The van der Waals surface area contributed by atoms with E-state index in [4.69, 9.17) is 19.9 Å². The first kappa shape index (κ1) is 22.0. The Balaban J connectivity index is 1.52. The number of fused-ring (bicyclic) bond motifs is 1. The Labute approximate surface area is 192 Å². The number of methoxy groups -OCH3 is 3. The number of amides is 1. The molecule has 1 aliphatic carbocycles. The molecule has 3 N–H and O–H groups in total. The van der Waals surface area contributed by atoms with E-state index in [1.165, 1.54) is 38.0 Å². The second kappa shape index (κ2) is 9.48. The number of guanidine groups is 1. The predicted octanol–water partition coefficient (Wildman–Crippen LogP) is 4.19. The number of ether oxygens (including phenoxy) is 3. The summed E-state index contributed by atoms with van der Waals surface area (Å²) in [5.74, 6) is 0.681. The Morgan fingerprint density at radius 1 is 0.939 bits per heavy atom. The largest absolute Gasteiger partial charge is 0.493 e. The van der Waals surface area contributed by atoms with Crippen LogP contribution in [0.4, 0.5) is 5.69 Å². The fourth-order valence-electron chi connectivity index (χ4n) is 3.81. The summed E-state index contributed by atoms with van der Waals surface area (Å²) in [5, 5.41) is 2.61. The lowest BCUT2D eigenvalue weighted by Crippen LogP contribution is -2.36. The number of aliphatic imine (C=N–C) groups is 1. The SMILES string of the molecule is COc1cc(C(=O)NC(N)=Nc2cccc(C3=Cc4ccccc4C3)c2)cc(OC)c1OC. The molecule has 0 spiro atoms. The van der Waals surface area contributed by atoms with Gasteiger partial charge in [0, 0.05) is 5.56 Å². The van der Waals surface area contributed by atoms with Crippen molar-refractivity contribution in [2.24, 2.45) is 10.7 Å². The van der Waals surface area contributed by atoms with Gasteiger partial charge in [-0.2, -0.15) is 0 Å². The lowest BCUT2D eigenvalue weighted by Gasteiger charge is -2.14. The third-order valence-corrected chi connectivity index (χ3v) is 5.40. The van der Waals surface area contributed by atoms with Crippen LogP contribution in [-0.2, 0) is 6.42 Å². The third kappa shape index (κ3) is 4.67. The van der Waals surface area contributed by atoms with E-state index in [1.54, 1.807) is 12.1 Å². The molecule has 0 unspecified atom stereocenters. The fourth-order valence-corrected chi connectivity index (χ4v) is 3.81. The highest BCUT2D eigenvalue weighted by Gasteiger charge is 2.18. The normalized spacial score (nSPS) is 12.6. The average molecular weight is 444 g/mol. The molecule has 0 aliphatic heterocycles. The standard InChI is InChI=1S/C26H25N3O4/c1-31-22-14-20(15-23(32-2)24(22)33-3)25(30)29-26(27)28-21-10-6-9-18(13-21)19-11-16-7-4-5-8-17(16)12-19/h4-11,13-15H,12H2,1-3H3,(H3,27,28,29,30). The number of allylic oxidation sites excluding steroid dienone is 1. The van der Waals surface area contributed by atoms with Crippen molar-refractivity contribution < 1.29 is 19.0 Å².